The van der Waals surface area contributed by atoms with Crippen LogP contribution in [0.4, 0.5) is 0 Å². The molecular weight excluding hydrogens is 234 g/mol. The molecule has 0 aliphatic rings. The molecule has 0 amide bonds. The molecule has 1 atom stereocenters. The summed E-state index contributed by atoms with van der Waals surface area (Å²) >= 11 is 6.08. The number of allylic oxidation sites excluding steroid dienone is 1. The van der Waals surface area contributed by atoms with E-state index < -0.39 is 0 Å². The zero-order valence-corrected chi connectivity index (χ0v) is 10.3. The lowest BCUT2D eigenvalue weighted by Crippen LogP contribution is -2.18. The quantitative estimate of drug-likeness (QED) is 0.819. The normalized spacial score (nSPS) is 13.9. The van der Waals surface area contributed by atoms with Crippen molar-refractivity contribution < 1.29 is 0 Å². The molecule has 2 aromatic rings. The number of halogens is 1. The van der Waals surface area contributed by atoms with Crippen molar-refractivity contribution in [3.05, 3.63) is 47.6 Å². The highest BCUT2D eigenvalue weighted by atomic mass is 35.5. The predicted molar refractivity (Wildman–Crippen MR) is 72.9 cm³/mol. The molecule has 1 aromatic carbocycles. The number of aromatic nitrogens is 2. The number of rotatable bonds is 3. The number of hydrogen-bond donors (Lipinski definition) is 2. The first-order valence-corrected chi connectivity index (χ1v) is 5.74. The van der Waals surface area contributed by atoms with Gasteiger partial charge in [-0.15, -0.1) is 6.58 Å². The number of fused-ring (bicyclic) bond motifs is 1. The van der Waals surface area contributed by atoms with Gasteiger partial charge in [-0.2, -0.15) is 5.10 Å². The zero-order chi connectivity index (χ0) is 12.4. The molecule has 1 heterocycles. The Hall–Kier alpha value is -1.58. The summed E-state index contributed by atoms with van der Waals surface area (Å²) in [6.07, 6.45) is 3.66. The highest BCUT2D eigenvalue weighted by molar-refractivity contribution is 6.35. The molecule has 0 fully saturated rings. The molecule has 0 bridgehead atoms. The van der Waals surface area contributed by atoms with Crippen molar-refractivity contribution in [2.75, 3.05) is 0 Å². The van der Waals surface area contributed by atoms with Gasteiger partial charge in [0.15, 0.2) is 0 Å². The van der Waals surface area contributed by atoms with Gasteiger partial charge in [-0.25, -0.2) is 0 Å². The lowest BCUT2D eigenvalue weighted by atomic mass is 10.0. The molecule has 88 valence electrons. The average molecular weight is 248 g/mol. The fraction of sp³-hybridized carbons (Fsp3) is 0.154. The Labute approximate surface area is 105 Å². The van der Waals surface area contributed by atoms with E-state index in [4.69, 9.17) is 17.3 Å². The minimum atomic E-state index is -0.220. The van der Waals surface area contributed by atoms with Crippen LogP contribution in [0, 0.1) is 0 Å². The van der Waals surface area contributed by atoms with E-state index in [-0.39, 0.29) is 6.04 Å². The van der Waals surface area contributed by atoms with Crippen molar-refractivity contribution in [1.82, 2.24) is 10.2 Å². The van der Waals surface area contributed by atoms with Crippen molar-refractivity contribution >= 4 is 28.1 Å². The molecule has 0 aliphatic carbocycles. The van der Waals surface area contributed by atoms with Crippen molar-refractivity contribution in [3.8, 4) is 0 Å². The average Bonchev–Trinajstić information content (AvgIpc) is 2.75. The molecule has 3 N–H and O–H groups in total. The third kappa shape index (κ3) is 1.99. The lowest BCUT2D eigenvalue weighted by Gasteiger charge is -2.10. The van der Waals surface area contributed by atoms with Crippen LogP contribution in [-0.4, -0.2) is 16.2 Å². The fourth-order valence-corrected chi connectivity index (χ4v) is 2.07. The highest BCUT2D eigenvalue weighted by Crippen LogP contribution is 2.28. The highest BCUT2D eigenvalue weighted by Gasteiger charge is 2.14. The topological polar surface area (TPSA) is 54.7 Å². The smallest absolute Gasteiger partial charge is 0.111 e. The van der Waals surface area contributed by atoms with Crippen LogP contribution in [0.15, 0.2) is 36.9 Å². The molecule has 0 aliphatic heterocycles. The van der Waals surface area contributed by atoms with Gasteiger partial charge in [0.25, 0.3) is 0 Å². The molecule has 3 nitrogen and oxygen atoms in total. The van der Waals surface area contributed by atoms with Gasteiger partial charge in [-0.3, -0.25) is 5.10 Å². The van der Waals surface area contributed by atoms with E-state index in [1.807, 2.05) is 31.2 Å². The number of aromatic amines is 1. The predicted octanol–water partition coefficient (Wildman–Crippen LogP) is 3.13. The Kier molecular flexibility index (Phi) is 3.31. The number of H-pyrrole nitrogens is 1. The molecule has 0 saturated carbocycles. The SMILES string of the molecule is C=CC(N)/C(=C\C)c1[nH]nc2c(Cl)cccc12. The molecule has 1 aromatic heterocycles. The summed E-state index contributed by atoms with van der Waals surface area (Å²) in [5.41, 5.74) is 8.61. The van der Waals surface area contributed by atoms with Crippen LogP contribution in [0.25, 0.3) is 16.5 Å². The maximum absolute atomic E-state index is 6.08. The van der Waals surface area contributed by atoms with Gasteiger partial charge < -0.3 is 5.73 Å². The van der Waals surface area contributed by atoms with Gasteiger partial charge in [-0.1, -0.05) is 35.9 Å². The minimum absolute atomic E-state index is 0.220. The van der Waals surface area contributed by atoms with Crippen LogP contribution in [0.3, 0.4) is 0 Å². The molecule has 0 saturated heterocycles. The summed E-state index contributed by atoms with van der Waals surface area (Å²) < 4.78 is 0. The second-order valence-corrected chi connectivity index (χ2v) is 4.15. The molecule has 0 spiro atoms. The zero-order valence-electron chi connectivity index (χ0n) is 9.57. The Balaban J connectivity index is 2.64. The summed E-state index contributed by atoms with van der Waals surface area (Å²) in [6, 6.07) is 5.47. The van der Waals surface area contributed by atoms with Crippen molar-refractivity contribution in [1.29, 1.82) is 0 Å². The molecule has 1 unspecified atom stereocenters. The van der Waals surface area contributed by atoms with Crippen molar-refractivity contribution in [2.45, 2.75) is 13.0 Å². The third-order valence-corrected chi connectivity index (χ3v) is 3.05. The van der Waals surface area contributed by atoms with Gasteiger partial charge in [0.2, 0.25) is 0 Å². The van der Waals surface area contributed by atoms with E-state index >= 15 is 0 Å². The first kappa shape index (κ1) is 11.9. The molecule has 2 rings (SSSR count). The number of nitrogens with one attached hydrogen (secondary N) is 1. The van der Waals surface area contributed by atoms with E-state index in [0.717, 1.165) is 22.2 Å². The van der Waals surface area contributed by atoms with Crippen LogP contribution >= 0.6 is 11.6 Å². The number of hydrogen-bond acceptors (Lipinski definition) is 2. The van der Waals surface area contributed by atoms with E-state index in [1.54, 1.807) is 6.08 Å². The van der Waals surface area contributed by atoms with E-state index in [2.05, 4.69) is 16.8 Å². The molecule has 17 heavy (non-hydrogen) atoms. The standard InChI is InChI=1S/C13H14ClN3/c1-3-8(11(15)4-2)12-9-6-5-7-10(14)13(9)17-16-12/h3-7,11H,2,15H2,1H3,(H,16,17)/b8-3+. The van der Waals surface area contributed by atoms with Crippen molar-refractivity contribution in [3.63, 3.8) is 0 Å². The Morgan fingerprint density at radius 3 is 3.00 bits per heavy atom. The monoisotopic (exact) mass is 247 g/mol. The second-order valence-electron chi connectivity index (χ2n) is 3.74. The van der Waals surface area contributed by atoms with E-state index in [0.29, 0.717) is 5.02 Å². The van der Waals surface area contributed by atoms with Gasteiger partial charge in [-0.05, 0) is 18.6 Å². The Bertz CT molecular complexity index is 583. The minimum Gasteiger partial charge on any atom is -0.321 e. The number of nitrogens with zero attached hydrogens (tertiary/aromatic N) is 1. The number of nitrogens with two attached hydrogens (primary N) is 1. The first-order valence-electron chi connectivity index (χ1n) is 5.36. The number of para-hydroxylation sites is 1. The van der Waals surface area contributed by atoms with Crippen LogP contribution in [0.1, 0.15) is 12.6 Å². The largest absolute Gasteiger partial charge is 0.321 e. The van der Waals surface area contributed by atoms with Gasteiger partial charge in [0.05, 0.1) is 10.7 Å². The Morgan fingerprint density at radius 2 is 2.35 bits per heavy atom. The maximum Gasteiger partial charge on any atom is 0.111 e. The van der Waals surface area contributed by atoms with Gasteiger partial charge in [0, 0.05) is 11.4 Å². The van der Waals surface area contributed by atoms with Crippen molar-refractivity contribution in [2.24, 2.45) is 5.73 Å². The maximum atomic E-state index is 6.08. The van der Waals surface area contributed by atoms with E-state index in [1.165, 1.54) is 0 Å². The summed E-state index contributed by atoms with van der Waals surface area (Å²) in [5, 5.41) is 8.81. The van der Waals surface area contributed by atoms with E-state index in [9.17, 15) is 0 Å². The molecular formula is C13H14ClN3. The van der Waals surface area contributed by atoms with Gasteiger partial charge in [0.1, 0.15) is 5.52 Å². The first-order chi connectivity index (χ1) is 8.19. The summed E-state index contributed by atoms with van der Waals surface area (Å²) in [6.45, 7) is 5.65. The van der Waals surface area contributed by atoms with Gasteiger partial charge >= 0.3 is 0 Å². The third-order valence-electron chi connectivity index (χ3n) is 2.75. The van der Waals surface area contributed by atoms with Crippen LogP contribution in [0.2, 0.25) is 5.02 Å². The number of benzene rings is 1. The van der Waals surface area contributed by atoms with Crippen LogP contribution in [-0.2, 0) is 0 Å². The molecule has 4 heteroatoms. The Morgan fingerprint density at radius 1 is 1.59 bits per heavy atom. The fourth-order valence-electron chi connectivity index (χ4n) is 1.85. The molecule has 0 radical (unpaired) electrons. The van der Waals surface area contributed by atoms with Crippen LogP contribution in [0.5, 0.6) is 0 Å². The second kappa shape index (κ2) is 4.73. The summed E-state index contributed by atoms with van der Waals surface area (Å²) in [7, 11) is 0. The van der Waals surface area contributed by atoms with Crippen LogP contribution < -0.4 is 5.73 Å². The summed E-state index contributed by atoms with van der Waals surface area (Å²) in [4.78, 5) is 0. The summed E-state index contributed by atoms with van der Waals surface area (Å²) in [5.74, 6) is 0. The lowest BCUT2D eigenvalue weighted by molar-refractivity contribution is 1.01.